The molecule has 0 aromatic heterocycles. The van der Waals surface area contributed by atoms with Gasteiger partial charge < -0.3 is 20.9 Å². The highest BCUT2D eigenvalue weighted by Gasteiger charge is 2.27. The Balaban J connectivity index is 2.10. The molecule has 108 valence electrons. The highest BCUT2D eigenvalue weighted by molar-refractivity contribution is 5.99. The first-order valence-corrected chi connectivity index (χ1v) is 6.58. The van der Waals surface area contributed by atoms with Gasteiger partial charge in [0.05, 0.1) is 6.10 Å². The summed E-state index contributed by atoms with van der Waals surface area (Å²) in [4.78, 5) is 14.0. The third-order valence-electron chi connectivity index (χ3n) is 3.74. The fourth-order valence-corrected chi connectivity index (χ4v) is 2.26. The second-order valence-corrected chi connectivity index (χ2v) is 5.15. The van der Waals surface area contributed by atoms with Crippen LogP contribution in [0.15, 0.2) is 29.4 Å². The standard InChI is InChI=1S/C14H19N3O3/c1-9-6-7-17(8-12(9)18)14(19)11-4-2-10(3-5-11)13(15)16-20/h2-5,9,12,18,20H,6-8H2,1H3,(H2,15,16). The number of rotatable bonds is 2. The van der Waals surface area contributed by atoms with Gasteiger partial charge in [-0.3, -0.25) is 4.79 Å². The summed E-state index contributed by atoms with van der Waals surface area (Å²) in [7, 11) is 0. The minimum atomic E-state index is -0.468. The van der Waals surface area contributed by atoms with Gasteiger partial charge in [0.1, 0.15) is 0 Å². The summed E-state index contributed by atoms with van der Waals surface area (Å²) in [6.45, 7) is 3.00. The first-order valence-electron chi connectivity index (χ1n) is 6.58. The molecule has 2 rings (SSSR count). The molecule has 1 saturated heterocycles. The zero-order valence-corrected chi connectivity index (χ0v) is 11.4. The molecule has 1 aliphatic rings. The number of nitrogens with two attached hydrogens (primary N) is 1. The van der Waals surface area contributed by atoms with Crippen LogP contribution in [0.4, 0.5) is 0 Å². The van der Waals surface area contributed by atoms with Crippen LogP contribution >= 0.6 is 0 Å². The number of oxime groups is 1. The lowest BCUT2D eigenvalue weighted by Crippen LogP contribution is -2.45. The van der Waals surface area contributed by atoms with E-state index in [0.717, 1.165) is 6.42 Å². The SMILES string of the molecule is CC1CCN(C(=O)c2ccc(/C(N)=N/O)cc2)CC1O. The molecule has 1 aliphatic heterocycles. The average Bonchev–Trinajstić information content (AvgIpc) is 2.48. The number of carbonyl (C=O) groups excluding carboxylic acids is 1. The van der Waals surface area contributed by atoms with Crippen molar-refractivity contribution in [3.8, 4) is 0 Å². The number of piperidine rings is 1. The average molecular weight is 277 g/mol. The van der Waals surface area contributed by atoms with Crippen LogP contribution in [0.5, 0.6) is 0 Å². The smallest absolute Gasteiger partial charge is 0.253 e. The lowest BCUT2D eigenvalue weighted by Gasteiger charge is -2.34. The molecule has 0 bridgehead atoms. The first-order chi connectivity index (χ1) is 9.52. The maximum atomic E-state index is 12.3. The number of benzene rings is 1. The molecule has 6 nitrogen and oxygen atoms in total. The van der Waals surface area contributed by atoms with Gasteiger partial charge in [-0.2, -0.15) is 0 Å². The van der Waals surface area contributed by atoms with Gasteiger partial charge in [0, 0.05) is 24.2 Å². The predicted octanol–water partition coefficient (Wildman–Crippen LogP) is 0.624. The van der Waals surface area contributed by atoms with Crippen LogP contribution in [-0.2, 0) is 0 Å². The lowest BCUT2D eigenvalue weighted by molar-refractivity contribution is 0.0248. The quantitative estimate of drug-likeness (QED) is 0.319. The Morgan fingerprint density at radius 1 is 1.35 bits per heavy atom. The summed E-state index contributed by atoms with van der Waals surface area (Å²) in [5, 5.41) is 21.3. The van der Waals surface area contributed by atoms with Gasteiger partial charge >= 0.3 is 0 Å². The van der Waals surface area contributed by atoms with Crippen LogP contribution < -0.4 is 5.73 Å². The van der Waals surface area contributed by atoms with Crippen molar-refractivity contribution in [3.63, 3.8) is 0 Å². The number of aliphatic hydroxyl groups excluding tert-OH is 1. The van der Waals surface area contributed by atoms with E-state index in [1.807, 2.05) is 6.92 Å². The van der Waals surface area contributed by atoms with E-state index in [1.165, 1.54) is 0 Å². The van der Waals surface area contributed by atoms with E-state index in [2.05, 4.69) is 5.16 Å². The third kappa shape index (κ3) is 2.91. The molecule has 0 spiro atoms. The van der Waals surface area contributed by atoms with Gasteiger partial charge in [0.2, 0.25) is 0 Å². The molecule has 0 saturated carbocycles. The van der Waals surface area contributed by atoms with Gasteiger partial charge in [-0.25, -0.2) is 0 Å². The van der Waals surface area contributed by atoms with Crippen molar-refractivity contribution in [3.05, 3.63) is 35.4 Å². The van der Waals surface area contributed by atoms with Gasteiger partial charge in [0.25, 0.3) is 5.91 Å². The van der Waals surface area contributed by atoms with Crippen molar-refractivity contribution in [1.82, 2.24) is 4.90 Å². The second-order valence-electron chi connectivity index (χ2n) is 5.15. The van der Waals surface area contributed by atoms with Gasteiger partial charge in [0.15, 0.2) is 5.84 Å². The largest absolute Gasteiger partial charge is 0.409 e. The maximum absolute atomic E-state index is 12.3. The molecule has 1 fully saturated rings. The van der Waals surface area contributed by atoms with E-state index in [0.29, 0.717) is 24.2 Å². The Morgan fingerprint density at radius 3 is 2.50 bits per heavy atom. The number of carbonyl (C=O) groups is 1. The van der Waals surface area contributed by atoms with E-state index < -0.39 is 6.10 Å². The molecule has 1 heterocycles. The van der Waals surface area contributed by atoms with Gasteiger partial charge in [-0.05, 0) is 24.5 Å². The summed E-state index contributed by atoms with van der Waals surface area (Å²) >= 11 is 0. The van der Waals surface area contributed by atoms with Crippen LogP contribution in [-0.4, -0.2) is 46.1 Å². The van der Waals surface area contributed by atoms with E-state index >= 15 is 0 Å². The van der Waals surface area contributed by atoms with E-state index in [-0.39, 0.29) is 17.7 Å². The maximum Gasteiger partial charge on any atom is 0.253 e. The van der Waals surface area contributed by atoms with Crippen LogP contribution in [0.2, 0.25) is 0 Å². The van der Waals surface area contributed by atoms with Crippen LogP contribution in [0, 0.1) is 5.92 Å². The zero-order valence-electron chi connectivity index (χ0n) is 11.4. The number of aliphatic hydroxyl groups is 1. The number of β-amino-alcohol motifs (C(OH)–C–C–N with tert-alkyl or cyclic N) is 1. The van der Waals surface area contributed by atoms with Crippen LogP contribution in [0.3, 0.4) is 0 Å². The number of nitrogens with zero attached hydrogens (tertiary/aromatic N) is 2. The van der Waals surface area contributed by atoms with Crippen molar-refractivity contribution < 1.29 is 15.1 Å². The topological polar surface area (TPSA) is 99.2 Å². The molecule has 4 N–H and O–H groups in total. The Kier molecular flexibility index (Phi) is 4.24. The molecular formula is C14H19N3O3. The molecule has 1 aromatic carbocycles. The molecule has 2 atom stereocenters. The van der Waals surface area contributed by atoms with Crippen LogP contribution in [0.25, 0.3) is 0 Å². The fourth-order valence-electron chi connectivity index (χ4n) is 2.26. The molecule has 1 amide bonds. The molecule has 2 unspecified atom stereocenters. The first kappa shape index (κ1) is 14.3. The Bertz CT molecular complexity index is 513. The minimum absolute atomic E-state index is 0.00576. The van der Waals surface area contributed by atoms with Crippen molar-refractivity contribution in [2.45, 2.75) is 19.4 Å². The molecule has 1 aromatic rings. The Hall–Kier alpha value is -2.08. The number of likely N-dealkylation sites (tertiary alicyclic amines) is 1. The van der Waals surface area contributed by atoms with Crippen LogP contribution in [0.1, 0.15) is 29.3 Å². The van der Waals surface area contributed by atoms with Gasteiger partial charge in [-0.15, -0.1) is 0 Å². The van der Waals surface area contributed by atoms with Gasteiger partial charge in [-0.1, -0.05) is 24.2 Å². The van der Waals surface area contributed by atoms with E-state index in [1.54, 1.807) is 29.2 Å². The Morgan fingerprint density at radius 2 is 1.95 bits per heavy atom. The monoisotopic (exact) mass is 277 g/mol. The minimum Gasteiger partial charge on any atom is -0.409 e. The molecule has 6 heteroatoms. The van der Waals surface area contributed by atoms with E-state index in [9.17, 15) is 9.90 Å². The molecule has 0 radical (unpaired) electrons. The summed E-state index contributed by atoms with van der Waals surface area (Å²) in [6, 6.07) is 6.54. The lowest BCUT2D eigenvalue weighted by atomic mass is 9.95. The number of hydrogen-bond donors (Lipinski definition) is 3. The van der Waals surface area contributed by atoms with Crippen molar-refractivity contribution in [1.29, 1.82) is 0 Å². The molecule has 0 aliphatic carbocycles. The van der Waals surface area contributed by atoms with Crippen molar-refractivity contribution in [2.75, 3.05) is 13.1 Å². The normalized spacial score (nSPS) is 23.7. The molecule has 20 heavy (non-hydrogen) atoms. The highest BCUT2D eigenvalue weighted by Crippen LogP contribution is 2.19. The summed E-state index contributed by atoms with van der Waals surface area (Å²) in [6.07, 6.45) is 0.332. The second kappa shape index (κ2) is 5.92. The number of hydrogen-bond acceptors (Lipinski definition) is 4. The van der Waals surface area contributed by atoms with E-state index in [4.69, 9.17) is 10.9 Å². The van der Waals surface area contributed by atoms with Crippen molar-refractivity contribution in [2.24, 2.45) is 16.8 Å². The zero-order chi connectivity index (χ0) is 14.7. The molecular weight excluding hydrogens is 258 g/mol. The van der Waals surface area contributed by atoms with Crippen molar-refractivity contribution >= 4 is 11.7 Å². The number of amidine groups is 1. The predicted molar refractivity (Wildman–Crippen MR) is 74.6 cm³/mol. The summed E-state index contributed by atoms with van der Waals surface area (Å²) in [5.74, 6) is 0.121. The Labute approximate surface area is 117 Å². The number of amides is 1. The fraction of sp³-hybridized carbons (Fsp3) is 0.429. The highest BCUT2D eigenvalue weighted by atomic mass is 16.4. The third-order valence-corrected chi connectivity index (χ3v) is 3.74. The summed E-state index contributed by atoms with van der Waals surface area (Å²) < 4.78 is 0. The summed E-state index contributed by atoms with van der Waals surface area (Å²) in [5.41, 5.74) is 6.55.